The zero-order chi connectivity index (χ0) is 19.9. The van der Waals surface area contributed by atoms with E-state index in [1.807, 2.05) is 12.1 Å². The fraction of sp³-hybridized carbons (Fsp3) is 0.333. The lowest BCUT2D eigenvalue weighted by atomic mass is 10.1. The van der Waals surface area contributed by atoms with Gasteiger partial charge in [-0.25, -0.2) is 4.39 Å². The van der Waals surface area contributed by atoms with Crippen LogP contribution >= 0.6 is 12.2 Å². The van der Waals surface area contributed by atoms with Crippen molar-refractivity contribution in [2.75, 3.05) is 43.4 Å². The molecule has 2 N–H and O–H groups in total. The van der Waals surface area contributed by atoms with Crippen molar-refractivity contribution >= 4 is 34.6 Å². The summed E-state index contributed by atoms with van der Waals surface area (Å²) in [4.78, 5) is 16.4. The molecule has 7 heteroatoms. The van der Waals surface area contributed by atoms with Gasteiger partial charge in [-0.05, 0) is 54.5 Å². The standard InChI is InChI=1S/C21H25FN4OS/c1-2-16-5-3-7-18(13-16)24-21(28)26-11-9-25(10-12-26)15-20(27)23-19-8-4-6-17(22)14-19/h3-8,13-14H,2,9-12,15H2,1H3,(H,23,27)(H,24,28). The highest BCUT2D eigenvalue weighted by Crippen LogP contribution is 2.13. The molecule has 0 spiro atoms. The number of carbonyl (C=O) groups excluding carboxylic acids is 1. The van der Waals surface area contributed by atoms with Crippen molar-refractivity contribution in [1.82, 2.24) is 9.80 Å². The van der Waals surface area contributed by atoms with E-state index in [1.165, 1.54) is 17.7 Å². The molecule has 1 amide bonds. The summed E-state index contributed by atoms with van der Waals surface area (Å²) in [7, 11) is 0. The molecule has 5 nitrogen and oxygen atoms in total. The average Bonchev–Trinajstić information content (AvgIpc) is 2.68. The summed E-state index contributed by atoms with van der Waals surface area (Å²) in [6.07, 6.45) is 0.985. The normalized spacial score (nSPS) is 14.6. The Kier molecular flexibility index (Phi) is 6.95. The number of rotatable bonds is 5. The highest BCUT2D eigenvalue weighted by atomic mass is 32.1. The zero-order valence-corrected chi connectivity index (χ0v) is 16.8. The number of aryl methyl sites for hydroxylation is 1. The molecule has 2 aromatic rings. The fourth-order valence-corrected chi connectivity index (χ4v) is 3.45. The number of hydrogen-bond acceptors (Lipinski definition) is 3. The van der Waals surface area contributed by atoms with Crippen LogP contribution in [0.25, 0.3) is 0 Å². The van der Waals surface area contributed by atoms with Gasteiger partial charge in [-0.2, -0.15) is 0 Å². The monoisotopic (exact) mass is 400 g/mol. The van der Waals surface area contributed by atoms with E-state index < -0.39 is 0 Å². The Morgan fingerprint density at radius 1 is 1.04 bits per heavy atom. The van der Waals surface area contributed by atoms with Crippen LogP contribution in [0, 0.1) is 5.82 Å². The molecule has 1 aliphatic rings. The molecule has 1 fully saturated rings. The number of carbonyl (C=O) groups is 1. The Balaban J connectivity index is 1.44. The fourth-order valence-electron chi connectivity index (χ4n) is 3.15. The number of anilines is 2. The second-order valence-electron chi connectivity index (χ2n) is 6.81. The minimum absolute atomic E-state index is 0.142. The molecule has 0 bridgehead atoms. The van der Waals surface area contributed by atoms with Gasteiger partial charge >= 0.3 is 0 Å². The van der Waals surface area contributed by atoms with Gasteiger partial charge < -0.3 is 15.5 Å². The molecular weight excluding hydrogens is 375 g/mol. The molecule has 0 unspecified atom stereocenters. The van der Waals surface area contributed by atoms with Gasteiger partial charge in [-0.15, -0.1) is 0 Å². The van der Waals surface area contributed by atoms with Gasteiger partial charge in [0.1, 0.15) is 5.82 Å². The number of nitrogens with one attached hydrogen (secondary N) is 2. The lowest BCUT2D eigenvalue weighted by Gasteiger charge is -2.35. The second kappa shape index (κ2) is 9.61. The van der Waals surface area contributed by atoms with Gasteiger partial charge in [0.15, 0.2) is 5.11 Å². The summed E-state index contributed by atoms with van der Waals surface area (Å²) in [6.45, 7) is 5.41. The quantitative estimate of drug-likeness (QED) is 0.754. The minimum atomic E-state index is -0.364. The maximum absolute atomic E-state index is 13.2. The van der Waals surface area contributed by atoms with Gasteiger partial charge in [-0.1, -0.05) is 25.1 Å². The van der Waals surface area contributed by atoms with E-state index in [9.17, 15) is 9.18 Å². The Morgan fingerprint density at radius 2 is 1.71 bits per heavy atom. The Hall–Kier alpha value is -2.51. The first-order chi connectivity index (χ1) is 13.5. The molecule has 0 aliphatic carbocycles. The van der Waals surface area contributed by atoms with Crippen LogP contribution in [-0.4, -0.2) is 53.5 Å². The molecule has 1 aliphatic heterocycles. The summed E-state index contributed by atoms with van der Waals surface area (Å²) < 4.78 is 13.2. The highest BCUT2D eigenvalue weighted by molar-refractivity contribution is 7.80. The Labute approximate surface area is 170 Å². The average molecular weight is 401 g/mol. The number of nitrogens with zero attached hydrogens (tertiary/aromatic N) is 2. The van der Waals surface area contributed by atoms with Crippen LogP contribution in [0.2, 0.25) is 0 Å². The summed E-state index contributed by atoms with van der Waals surface area (Å²) >= 11 is 5.54. The molecule has 1 saturated heterocycles. The Bertz CT molecular complexity index is 837. The third kappa shape index (κ3) is 5.74. The van der Waals surface area contributed by atoms with E-state index in [0.29, 0.717) is 10.8 Å². The maximum atomic E-state index is 13.2. The molecular formula is C21H25FN4OS. The first-order valence-corrected chi connectivity index (χ1v) is 9.87. The predicted octanol–water partition coefficient (Wildman–Crippen LogP) is 3.34. The summed E-state index contributed by atoms with van der Waals surface area (Å²) in [5, 5.41) is 6.74. The number of hydrogen-bond donors (Lipinski definition) is 2. The van der Waals surface area contributed by atoms with Crippen LogP contribution < -0.4 is 10.6 Å². The topological polar surface area (TPSA) is 47.6 Å². The lowest BCUT2D eigenvalue weighted by molar-refractivity contribution is -0.117. The molecule has 2 aromatic carbocycles. The van der Waals surface area contributed by atoms with Crippen LogP contribution in [0.1, 0.15) is 12.5 Å². The van der Waals surface area contributed by atoms with Crippen LogP contribution in [0.5, 0.6) is 0 Å². The van der Waals surface area contributed by atoms with Gasteiger partial charge in [0.05, 0.1) is 6.54 Å². The molecule has 1 heterocycles. The van der Waals surface area contributed by atoms with Crippen molar-refractivity contribution in [3.63, 3.8) is 0 Å². The van der Waals surface area contributed by atoms with Crippen molar-refractivity contribution in [1.29, 1.82) is 0 Å². The van der Waals surface area contributed by atoms with Crippen molar-refractivity contribution in [3.8, 4) is 0 Å². The van der Waals surface area contributed by atoms with Crippen molar-refractivity contribution in [2.45, 2.75) is 13.3 Å². The van der Waals surface area contributed by atoms with Crippen molar-refractivity contribution in [2.24, 2.45) is 0 Å². The smallest absolute Gasteiger partial charge is 0.238 e. The second-order valence-corrected chi connectivity index (χ2v) is 7.19. The van der Waals surface area contributed by atoms with Gasteiger partial charge in [0.2, 0.25) is 5.91 Å². The number of amides is 1. The third-order valence-electron chi connectivity index (χ3n) is 4.72. The molecule has 148 valence electrons. The van der Waals surface area contributed by atoms with Gasteiger partial charge in [0, 0.05) is 37.6 Å². The van der Waals surface area contributed by atoms with E-state index in [-0.39, 0.29) is 18.3 Å². The van der Waals surface area contributed by atoms with E-state index >= 15 is 0 Å². The number of thiocarbonyl (C=S) groups is 1. The van der Waals surface area contributed by atoms with Gasteiger partial charge in [-0.3, -0.25) is 9.69 Å². The number of halogens is 1. The first-order valence-electron chi connectivity index (χ1n) is 9.46. The first kappa shape index (κ1) is 20.2. The molecule has 0 atom stereocenters. The largest absolute Gasteiger partial charge is 0.346 e. The lowest BCUT2D eigenvalue weighted by Crippen LogP contribution is -2.51. The van der Waals surface area contributed by atoms with E-state index in [1.54, 1.807) is 12.1 Å². The Morgan fingerprint density at radius 3 is 2.39 bits per heavy atom. The van der Waals surface area contributed by atoms with Gasteiger partial charge in [0.25, 0.3) is 0 Å². The van der Waals surface area contributed by atoms with Crippen LogP contribution in [0.4, 0.5) is 15.8 Å². The van der Waals surface area contributed by atoms with E-state index in [4.69, 9.17) is 12.2 Å². The summed E-state index contributed by atoms with van der Waals surface area (Å²) in [5.41, 5.74) is 2.74. The number of benzene rings is 2. The molecule has 0 aromatic heterocycles. The number of piperazine rings is 1. The molecule has 28 heavy (non-hydrogen) atoms. The van der Waals surface area contributed by atoms with E-state index in [0.717, 1.165) is 38.3 Å². The molecule has 0 saturated carbocycles. The maximum Gasteiger partial charge on any atom is 0.238 e. The summed E-state index contributed by atoms with van der Waals surface area (Å²) in [5.74, 6) is -0.506. The molecule has 3 rings (SSSR count). The highest BCUT2D eigenvalue weighted by Gasteiger charge is 2.20. The summed E-state index contributed by atoms with van der Waals surface area (Å²) in [6, 6.07) is 14.2. The van der Waals surface area contributed by atoms with E-state index in [2.05, 4.69) is 39.5 Å². The molecule has 0 radical (unpaired) electrons. The predicted molar refractivity (Wildman–Crippen MR) is 115 cm³/mol. The van der Waals surface area contributed by atoms with Crippen LogP contribution in [0.3, 0.4) is 0 Å². The van der Waals surface area contributed by atoms with Crippen molar-refractivity contribution in [3.05, 3.63) is 59.9 Å². The zero-order valence-electron chi connectivity index (χ0n) is 16.0. The SMILES string of the molecule is CCc1cccc(NC(=S)N2CCN(CC(=O)Nc3cccc(F)c3)CC2)c1. The van der Waals surface area contributed by atoms with Crippen molar-refractivity contribution < 1.29 is 9.18 Å². The van der Waals surface area contributed by atoms with Crippen LogP contribution in [-0.2, 0) is 11.2 Å². The minimum Gasteiger partial charge on any atom is -0.346 e. The van der Waals surface area contributed by atoms with Crippen LogP contribution in [0.15, 0.2) is 48.5 Å². The third-order valence-corrected chi connectivity index (χ3v) is 5.08.